The van der Waals surface area contributed by atoms with Gasteiger partial charge in [0.2, 0.25) is 0 Å². The molecule has 27 heavy (non-hydrogen) atoms. The van der Waals surface area contributed by atoms with Gasteiger partial charge in [0, 0.05) is 0 Å². The van der Waals surface area contributed by atoms with E-state index in [-0.39, 0.29) is 11.3 Å². The highest BCUT2D eigenvalue weighted by atomic mass is 19.2. The van der Waals surface area contributed by atoms with E-state index in [0.717, 1.165) is 12.1 Å². The summed E-state index contributed by atoms with van der Waals surface area (Å²) in [5.74, 6) is -2.36. The average Bonchev–Trinajstić information content (AvgIpc) is 2.60. The zero-order valence-corrected chi connectivity index (χ0v) is 15.4. The highest BCUT2D eigenvalue weighted by molar-refractivity contribution is 5.98. The van der Waals surface area contributed by atoms with Crippen LogP contribution in [0.5, 0.6) is 5.75 Å². The van der Waals surface area contributed by atoms with Crippen molar-refractivity contribution in [2.75, 3.05) is 7.11 Å². The molecule has 0 spiro atoms. The number of amides is 2. The summed E-state index contributed by atoms with van der Waals surface area (Å²) in [6, 6.07) is 7.99. The smallest absolute Gasteiger partial charge is 0.426 e. The van der Waals surface area contributed by atoms with Gasteiger partial charge in [-0.25, -0.2) is 19.0 Å². The summed E-state index contributed by atoms with van der Waals surface area (Å²) in [7, 11) is 1.36. The van der Waals surface area contributed by atoms with E-state index >= 15 is 0 Å². The molecule has 0 saturated heterocycles. The Morgan fingerprint density at radius 3 is 2.15 bits per heavy atom. The maximum atomic E-state index is 13.4. The van der Waals surface area contributed by atoms with Crippen molar-refractivity contribution < 1.29 is 27.8 Å². The minimum atomic E-state index is -0.977. The van der Waals surface area contributed by atoms with E-state index in [2.05, 4.69) is 10.9 Å². The lowest BCUT2D eigenvalue weighted by atomic mass is 10.0. The molecule has 0 radical (unpaired) electrons. The van der Waals surface area contributed by atoms with E-state index < -0.39 is 29.2 Å². The quantitative estimate of drug-likeness (QED) is 0.797. The Morgan fingerprint density at radius 2 is 1.56 bits per heavy atom. The van der Waals surface area contributed by atoms with Crippen molar-refractivity contribution in [2.24, 2.45) is 0 Å². The number of carbonyl (C=O) groups excluding carboxylic acids is 2. The van der Waals surface area contributed by atoms with Crippen molar-refractivity contribution in [1.82, 2.24) is 10.9 Å². The summed E-state index contributed by atoms with van der Waals surface area (Å²) in [6.07, 6.45) is -0.812. The van der Waals surface area contributed by atoms with Crippen LogP contribution in [0.15, 0.2) is 36.4 Å². The molecule has 144 valence electrons. The first kappa shape index (κ1) is 20.2. The Morgan fingerprint density at radius 1 is 0.926 bits per heavy atom. The molecule has 0 bridgehead atoms. The van der Waals surface area contributed by atoms with Gasteiger partial charge < -0.3 is 9.47 Å². The maximum Gasteiger partial charge on any atom is 0.426 e. The minimum absolute atomic E-state index is 0.139. The molecule has 0 heterocycles. The Balaban J connectivity index is 2.16. The zero-order valence-electron chi connectivity index (χ0n) is 15.4. The summed E-state index contributed by atoms with van der Waals surface area (Å²) in [5.41, 5.74) is 4.74. The molecule has 0 unspecified atom stereocenters. The van der Waals surface area contributed by atoms with Crippen LogP contribution >= 0.6 is 0 Å². The molecule has 2 aromatic rings. The molecule has 0 saturated carbocycles. The predicted molar refractivity (Wildman–Crippen MR) is 95.2 cm³/mol. The predicted octanol–water partition coefficient (Wildman–Crippen LogP) is 3.81. The van der Waals surface area contributed by atoms with Gasteiger partial charge in [0.15, 0.2) is 11.6 Å². The first-order valence-electron chi connectivity index (χ1n) is 8.03. The lowest BCUT2D eigenvalue weighted by Crippen LogP contribution is -2.44. The fourth-order valence-electron chi connectivity index (χ4n) is 2.21. The lowest BCUT2D eigenvalue weighted by Gasteiger charge is -2.20. The molecule has 0 aliphatic carbocycles. The normalized spacial score (nSPS) is 10.9. The highest BCUT2D eigenvalue weighted by Crippen LogP contribution is 2.28. The number of halogens is 2. The molecular formula is C19H20F2N2O4. The summed E-state index contributed by atoms with van der Waals surface area (Å²) >= 11 is 0. The summed E-state index contributed by atoms with van der Waals surface area (Å²) in [5, 5.41) is 0. The third kappa shape index (κ3) is 5.40. The van der Waals surface area contributed by atoms with E-state index in [1.807, 2.05) is 0 Å². The van der Waals surface area contributed by atoms with Crippen molar-refractivity contribution in [3.8, 4) is 16.9 Å². The van der Waals surface area contributed by atoms with Gasteiger partial charge in [0.1, 0.15) is 11.4 Å². The molecule has 0 aliphatic heterocycles. The molecule has 6 nitrogen and oxygen atoms in total. The Labute approximate surface area is 155 Å². The Bertz CT molecular complexity index is 863. The SMILES string of the molecule is COc1cc(-c2ccc(F)c(F)c2)ccc1C(=O)NNC(=O)OC(C)(C)C. The number of rotatable bonds is 3. The molecule has 0 fully saturated rings. The topological polar surface area (TPSA) is 76.7 Å². The number of hydrogen-bond acceptors (Lipinski definition) is 4. The number of methoxy groups -OCH3 is 1. The molecule has 2 amide bonds. The van der Waals surface area contributed by atoms with Gasteiger partial charge in [-0.3, -0.25) is 10.2 Å². The first-order valence-corrected chi connectivity index (χ1v) is 8.03. The highest BCUT2D eigenvalue weighted by Gasteiger charge is 2.18. The van der Waals surface area contributed by atoms with E-state index in [9.17, 15) is 18.4 Å². The third-order valence-electron chi connectivity index (χ3n) is 3.38. The van der Waals surface area contributed by atoms with Gasteiger partial charge in [-0.1, -0.05) is 12.1 Å². The van der Waals surface area contributed by atoms with Gasteiger partial charge in [0.05, 0.1) is 12.7 Å². The lowest BCUT2D eigenvalue weighted by molar-refractivity contribution is 0.0483. The summed E-state index contributed by atoms with van der Waals surface area (Å²) in [4.78, 5) is 23.9. The number of benzene rings is 2. The van der Waals surface area contributed by atoms with E-state index in [1.165, 1.54) is 25.3 Å². The van der Waals surface area contributed by atoms with Gasteiger partial charge in [-0.15, -0.1) is 0 Å². The van der Waals surface area contributed by atoms with Gasteiger partial charge in [-0.2, -0.15) is 0 Å². The molecule has 2 aromatic carbocycles. The number of hydrogen-bond donors (Lipinski definition) is 2. The number of carbonyl (C=O) groups is 2. The van der Waals surface area contributed by atoms with Gasteiger partial charge >= 0.3 is 6.09 Å². The van der Waals surface area contributed by atoms with Crippen LogP contribution in [0, 0.1) is 11.6 Å². The van der Waals surface area contributed by atoms with Gasteiger partial charge in [0.25, 0.3) is 5.91 Å². The van der Waals surface area contributed by atoms with Crippen LogP contribution in [0.4, 0.5) is 13.6 Å². The summed E-state index contributed by atoms with van der Waals surface area (Å²) in [6.45, 7) is 5.07. The van der Waals surface area contributed by atoms with Crippen molar-refractivity contribution in [1.29, 1.82) is 0 Å². The Kier molecular flexibility index (Phi) is 5.99. The Hall–Kier alpha value is -3.16. The number of nitrogens with one attached hydrogen (secondary N) is 2. The van der Waals surface area contributed by atoms with Crippen LogP contribution in [-0.2, 0) is 4.74 Å². The second-order valence-corrected chi connectivity index (χ2v) is 6.62. The monoisotopic (exact) mass is 378 g/mol. The van der Waals surface area contributed by atoms with Crippen LogP contribution in [-0.4, -0.2) is 24.7 Å². The molecule has 2 rings (SSSR count). The molecule has 0 atom stereocenters. The molecule has 0 aliphatic rings. The van der Waals surface area contributed by atoms with Crippen molar-refractivity contribution in [3.05, 3.63) is 53.6 Å². The molecule has 0 aromatic heterocycles. The van der Waals surface area contributed by atoms with E-state index in [4.69, 9.17) is 9.47 Å². The number of hydrazine groups is 1. The number of ether oxygens (including phenoxy) is 2. The van der Waals surface area contributed by atoms with Crippen molar-refractivity contribution >= 4 is 12.0 Å². The largest absolute Gasteiger partial charge is 0.496 e. The third-order valence-corrected chi connectivity index (χ3v) is 3.38. The van der Waals surface area contributed by atoms with E-state index in [0.29, 0.717) is 11.1 Å². The fourth-order valence-corrected chi connectivity index (χ4v) is 2.21. The van der Waals surface area contributed by atoms with Crippen molar-refractivity contribution in [2.45, 2.75) is 26.4 Å². The second-order valence-electron chi connectivity index (χ2n) is 6.62. The minimum Gasteiger partial charge on any atom is -0.496 e. The van der Waals surface area contributed by atoms with E-state index in [1.54, 1.807) is 26.8 Å². The van der Waals surface area contributed by atoms with Crippen LogP contribution in [0.1, 0.15) is 31.1 Å². The van der Waals surface area contributed by atoms with Crippen LogP contribution in [0.2, 0.25) is 0 Å². The standard InChI is InChI=1S/C19H20F2N2O4/c1-19(2,3)27-18(25)23-22-17(24)13-7-5-12(10-16(13)26-4)11-6-8-14(20)15(21)9-11/h5-10H,1-4H3,(H,22,24)(H,23,25). The summed E-state index contributed by atoms with van der Waals surface area (Å²) < 4.78 is 36.7. The first-order chi connectivity index (χ1) is 12.6. The molecular weight excluding hydrogens is 358 g/mol. The van der Waals surface area contributed by atoms with Crippen molar-refractivity contribution in [3.63, 3.8) is 0 Å². The maximum absolute atomic E-state index is 13.4. The fraction of sp³-hybridized carbons (Fsp3) is 0.263. The van der Waals surface area contributed by atoms with Crippen LogP contribution in [0.3, 0.4) is 0 Å². The van der Waals surface area contributed by atoms with Crippen LogP contribution in [0.25, 0.3) is 11.1 Å². The molecule has 8 heteroatoms. The van der Waals surface area contributed by atoms with Crippen LogP contribution < -0.4 is 15.6 Å². The zero-order chi connectivity index (χ0) is 20.2. The molecule has 2 N–H and O–H groups in total. The average molecular weight is 378 g/mol. The van der Waals surface area contributed by atoms with Gasteiger partial charge in [-0.05, 0) is 56.2 Å². The second kappa shape index (κ2) is 8.03.